The smallest absolute Gasteiger partial charge is 0.306 e. The standard InChI is InChI=1S/C16H16N2O3/c19-15-9-13-8-12(16(20)21)6-7-14(13)17-18(15)10-11-4-2-1-3-5-11/h1-5,9,12H,6-8,10H2,(H,20,21)/t12-/m1/s1. The van der Waals surface area contributed by atoms with Crippen LogP contribution in [0.15, 0.2) is 41.2 Å². The van der Waals surface area contributed by atoms with Gasteiger partial charge >= 0.3 is 5.97 Å². The number of aliphatic carboxylic acids is 1. The Morgan fingerprint density at radius 1 is 1.33 bits per heavy atom. The number of nitrogens with zero attached hydrogens (tertiary/aromatic N) is 2. The minimum Gasteiger partial charge on any atom is -0.481 e. The van der Waals surface area contributed by atoms with Gasteiger partial charge in [0, 0.05) is 6.07 Å². The van der Waals surface area contributed by atoms with Crippen molar-refractivity contribution in [2.24, 2.45) is 5.92 Å². The first-order valence-corrected chi connectivity index (χ1v) is 7.00. The highest BCUT2D eigenvalue weighted by Gasteiger charge is 2.25. The van der Waals surface area contributed by atoms with Gasteiger partial charge in [-0.15, -0.1) is 0 Å². The summed E-state index contributed by atoms with van der Waals surface area (Å²) in [7, 11) is 0. The van der Waals surface area contributed by atoms with Gasteiger partial charge in [0.2, 0.25) is 0 Å². The molecule has 0 aliphatic heterocycles. The number of hydrogen-bond donors (Lipinski definition) is 1. The molecule has 1 atom stereocenters. The van der Waals surface area contributed by atoms with Crippen LogP contribution in [-0.4, -0.2) is 20.9 Å². The van der Waals surface area contributed by atoms with E-state index in [2.05, 4.69) is 5.10 Å². The minimum absolute atomic E-state index is 0.177. The first-order chi connectivity index (χ1) is 10.1. The van der Waals surface area contributed by atoms with Crippen LogP contribution in [-0.2, 0) is 24.2 Å². The molecule has 1 heterocycles. The third kappa shape index (κ3) is 2.86. The van der Waals surface area contributed by atoms with Gasteiger partial charge in [-0.2, -0.15) is 5.10 Å². The molecule has 0 unspecified atom stereocenters. The molecule has 5 heteroatoms. The summed E-state index contributed by atoms with van der Waals surface area (Å²) < 4.78 is 1.45. The predicted molar refractivity (Wildman–Crippen MR) is 77.2 cm³/mol. The Labute approximate surface area is 121 Å². The van der Waals surface area contributed by atoms with Gasteiger partial charge in [-0.05, 0) is 30.4 Å². The molecular weight excluding hydrogens is 268 g/mol. The summed E-state index contributed by atoms with van der Waals surface area (Å²) in [6, 6.07) is 11.2. The Kier molecular flexibility index (Phi) is 3.56. The van der Waals surface area contributed by atoms with Crippen LogP contribution in [0, 0.1) is 5.92 Å². The Hall–Kier alpha value is -2.43. The van der Waals surface area contributed by atoms with Gasteiger partial charge in [0.25, 0.3) is 5.56 Å². The van der Waals surface area contributed by atoms with Crippen LogP contribution in [0.25, 0.3) is 0 Å². The lowest BCUT2D eigenvalue weighted by Crippen LogP contribution is -2.30. The number of aromatic nitrogens is 2. The maximum atomic E-state index is 12.1. The fourth-order valence-corrected chi connectivity index (χ4v) is 2.71. The quantitative estimate of drug-likeness (QED) is 0.926. The van der Waals surface area contributed by atoms with E-state index in [9.17, 15) is 9.59 Å². The van der Waals surface area contributed by atoms with Crippen LogP contribution in [0.1, 0.15) is 23.2 Å². The summed E-state index contributed by atoms with van der Waals surface area (Å²) in [5.74, 6) is -1.20. The average Bonchev–Trinajstić information content (AvgIpc) is 2.48. The molecule has 2 aromatic rings. The van der Waals surface area contributed by atoms with Crippen molar-refractivity contribution in [3.8, 4) is 0 Å². The van der Waals surface area contributed by atoms with Crippen molar-refractivity contribution >= 4 is 5.97 Å². The second-order valence-corrected chi connectivity index (χ2v) is 5.38. The van der Waals surface area contributed by atoms with E-state index >= 15 is 0 Å². The number of benzene rings is 1. The van der Waals surface area contributed by atoms with Gasteiger partial charge in [-0.1, -0.05) is 30.3 Å². The Morgan fingerprint density at radius 3 is 2.81 bits per heavy atom. The molecule has 0 amide bonds. The number of carbonyl (C=O) groups is 1. The largest absolute Gasteiger partial charge is 0.481 e. The van der Waals surface area contributed by atoms with Gasteiger partial charge in [-0.25, -0.2) is 4.68 Å². The van der Waals surface area contributed by atoms with Crippen LogP contribution >= 0.6 is 0 Å². The molecule has 0 saturated heterocycles. The zero-order valence-electron chi connectivity index (χ0n) is 11.5. The SMILES string of the molecule is O=C(O)[C@@H]1CCc2nn(Cc3ccccc3)c(=O)cc2C1. The third-order valence-electron chi connectivity index (χ3n) is 3.88. The summed E-state index contributed by atoms with van der Waals surface area (Å²) in [4.78, 5) is 23.2. The highest BCUT2D eigenvalue weighted by molar-refractivity contribution is 5.70. The second kappa shape index (κ2) is 5.52. The first-order valence-electron chi connectivity index (χ1n) is 7.00. The van der Waals surface area contributed by atoms with Gasteiger partial charge in [0.05, 0.1) is 18.2 Å². The summed E-state index contributed by atoms with van der Waals surface area (Å²) >= 11 is 0. The van der Waals surface area contributed by atoms with Crippen molar-refractivity contribution < 1.29 is 9.90 Å². The minimum atomic E-state index is -0.797. The molecule has 1 aromatic carbocycles. The van der Waals surface area contributed by atoms with E-state index in [0.717, 1.165) is 16.8 Å². The van der Waals surface area contributed by atoms with Gasteiger partial charge in [-0.3, -0.25) is 9.59 Å². The monoisotopic (exact) mass is 284 g/mol. The molecule has 0 bridgehead atoms. The fraction of sp³-hybridized carbons (Fsp3) is 0.312. The van der Waals surface area contributed by atoms with Crippen molar-refractivity contribution in [1.29, 1.82) is 0 Å². The molecule has 21 heavy (non-hydrogen) atoms. The summed E-state index contributed by atoms with van der Waals surface area (Å²) in [6.45, 7) is 0.440. The molecule has 0 spiro atoms. The molecule has 1 N–H and O–H groups in total. The summed E-state index contributed by atoms with van der Waals surface area (Å²) in [6.07, 6.45) is 1.60. The van der Waals surface area contributed by atoms with E-state index in [0.29, 0.717) is 25.8 Å². The van der Waals surface area contributed by atoms with E-state index in [1.807, 2.05) is 30.3 Å². The van der Waals surface area contributed by atoms with Crippen molar-refractivity contribution in [3.05, 3.63) is 63.6 Å². The molecule has 108 valence electrons. The first kappa shape index (κ1) is 13.5. The number of rotatable bonds is 3. The van der Waals surface area contributed by atoms with Crippen LogP contribution in [0.2, 0.25) is 0 Å². The Bertz CT molecular complexity index is 722. The summed E-state index contributed by atoms with van der Waals surface area (Å²) in [5.41, 5.74) is 2.47. The highest BCUT2D eigenvalue weighted by Crippen LogP contribution is 2.23. The molecule has 3 rings (SSSR count). The van der Waals surface area contributed by atoms with Crippen molar-refractivity contribution in [1.82, 2.24) is 9.78 Å². The van der Waals surface area contributed by atoms with E-state index in [1.165, 1.54) is 4.68 Å². The lowest BCUT2D eigenvalue weighted by molar-refractivity contribution is -0.142. The predicted octanol–water partition coefficient (Wildman–Crippen LogP) is 1.48. The van der Waals surface area contributed by atoms with Gasteiger partial charge < -0.3 is 5.11 Å². The molecule has 0 fully saturated rings. The Balaban J connectivity index is 1.89. The molecule has 1 aromatic heterocycles. The van der Waals surface area contributed by atoms with Crippen LogP contribution < -0.4 is 5.56 Å². The van der Waals surface area contributed by atoms with Crippen molar-refractivity contribution in [2.75, 3.05) is 0 Å². The lowest BCUT2D eigenvalue weighted by Gasteiger charge is -2.21. The van der Waals surface area contributed by atoms with Gasteiger partial charge in [0.15, 0.2) is 0 Å². The maximum Gasteiger partial charge on any atom is 0.306 e. The maximum absolute atomic E-state index is 12.1. The average molecular weight is 284 g/mol. The Morgan fingerprint density at radius 2 is 2.10 bits per heavy atom. The molecular formula is C16H16N2O3. The van der Waals surface area contributed by atoms with Crippen molar-refractivity contribution in [3.63, 3.8) is 0 Å². The van der Waals surface area contributed by atoms with Crippen LogP contribution in [0.3, 0.4) is 0 Å². The van der Waals surface area contributed by atoms with E-state index < -0.39 is 11.9 Å². The van der Waals surface area contributed by atoms with Crippen LogP contribution in [0.5, 0.6) is 0 Å². The third-order valence-corrected chi connectivity index (χ3v) is 3.88. The zero-order chi connectivity index (χ0) is 14.8. The fourth-order valence-electron chi connectivity index (χ4n) is 2.71. The molecule has 1 aliphatic rings. The number of carboxylic acid groups (broad SMARTS) is 1. The van der Waals surface area contributed by atoms with Crippen molar-refractivity contribution in [2.45, 2.75) is 25.8 Å². The van der Waals surface area contributed by atoms with E-state index in [1.54, 1.807) is 6.07 Å². The second-order valence-electron chi connectivity index (χ2n) is 5.38. The molecule has 0 saturated carbocycles. The normalized spacial score (nSPS) is 17.2. The van der Waals surface area contributed by atoms with E-state index in [-0.39, 0.29) is 5.56 Å². The molecule has 5 nitrogen and oxygen atoms in total. The zero-order valence-corrected chi connectivity index (χ0v) is 11.5. The number of aryl methyl sites for hydroxylation is 1. The topological polar surface area (TPSA) is 72.2 Å². The number of carboxylic acids is 1. The van der Waals surface area contributed by atoms with E-state index in [4.69, 9.17) is 5.11 Å². The molecule has 1 aliphatic carbocycles. The summed E-state index contributed by atoms with van der Waals surface area (Å²) in [5, 5.41) is 13.5. The van der Waals surface area contributed by atoms with Gasteiger partial charge in [0.1, 0.15) is 0 Å². The highest BCUT2D eigenvalue weighted by atomic mass is 16.4. The molecule has 0 radical (unpaired) electrons. The number of fused-ring (bicyclic) bond motifs is 1. The van der Waals surface area contributed by atoms with Crippen LogP contribution in [0.4, 0.5) is 0 Å². The lowest BCUT2D eigenvalue weighted by atomic mass is 9.87. The number of hydrogen-bond acceptors (Lipinski definition) is 3.